The standard InChI is InChI=1S/C15H20N2O3/c1-16-12-8-20-7-11(12)15(19)17-14-10-5-3-2-4-9(10)6-13(14)18/h2-5,11-14,16,18H,6-8H2,1H3,(H,17,19)/t11?,12?,13-,14+/m0/s1. The summed E-state index contributed by atoms with van der Waals surface area (Å²) >= 11 is 0. The van der Waals surface area contributed by atoms with Crippen LogP contribution in [0.25, 0.3) is 0 Å². The maximum atomic E-state index is 12.4. The van der Waals surface area contributed by atoms with Gasteiger partial charge >= 0.3 is 0 Å². The first-order valence-corrected chi connectivity index (χ1v) is 7.02. The van der Waals surface area contributed by atoms with Crippen LogP contribution in [0.2, 0.25) is 0 Å². The first-order valence-electron chi connectivity index (χ1n) is 7.02. The van der Waals surface area contributed by atoms with E-state index in [2.05, 4.69) is 10.6 Å². The Morgan fingerprint density at radius 1 is 1.35 bits per heavy atom. The number of carbonyl (C=O) groups is 1. The van der Waals surface area contributed by atoms with E-state index in [0.717, 1.165) is 11.1 Å². The van der Waals surface area contributed by atoms with Gasteiger partial charge in [0.1, 0.15) is 0 Å². The molecule has 1 fully saturated rings. The Labute approximate surface area is 118 Å². The molecule has 1 saturated heterocycles. The van der Waals surface area contributed by atoms with Crippen molar-refractivity contribution < 1.29 is 14.6 Å². The van der Waals surface area contributed by atoms with Crippen LogP contribution in [-0.2, 0) is 16.0 Å². The average Bonchev–Trinajstić information content (AvgIpc) is 3.04. The fraction of sp³-hybridized carbons (Fsp3) is 0.533. The van der Waals surface area contributed by atoms with Crippen LogP contribution in [0.15, 0.2) is 24.3 Å². The molecule has 5 heteroatoms. The third kappa shape index (κ3) is 2.32. The van der Waals surface area contributed by atoms with E-state index in [0.29, 0.717) is 19.6 Å². The predicted molar refractivity (Wildman–Crippen MR) is 74.2 cm³/mol. The fourth-order valence-electron chi connectivity index (χ4n) is 3.11. The SMILES string of the molecule is CNC1COCC1C(=O)N[C@@H]1c2ccccc2C[C@@H]1O. The van der Waals surface area contributed by atoms with Gasteiger partial charge in [0.15, 0.2) is 0 Å². The number of amides is 1. The van der Waals surface area contributed by atoms with E-state index in [1.165, 1.54) is 0 Å². The van der Waals surface area contributed by atoms with Crippen molar-refractivity contribution in [3.63, 3.8) is 0 Å². The number of aliphatic hydroxyl groups excluding tert-OH is 1. The molecule has 1 aliphatic heterocycles. The van der Waals surface area contributed by atoms with Crippen molar-refractivity contribution >= 4 is 5.91 Å². The van der Waals surface area contributed by atoms with E-state index in [9.17, 15) is 9.90 Å². The lowest BCUT2D eigenvalue weighted by molar-refractivity contribution is -0.127. The normalized spacial score (nSPS) is 32.1. The van der Waals surface area contributed by atoms with Crippen LogP contribution in [0, 0.1) is 5.92 Å². The summed E-state index contributed by atoms with van der Waals surface area (Å²) in [6, 6.07) is 7.60. The molecular weight excluding hydrogens is 256 g/mol. The highest BCUT2D eigenvalue weighted by Gasteiger charge is 2.37. The number of carbonyl (C=O) groups excluding carboxylic acids is 1. The molecule has 2 unspecified atom stereocenters. The number of rotatable bonds is 3. The van der Waals surface area contributed by atoms with E-state index >= 15 is 0 Å². The molecule has 3 rings (SSSR count). The first kappa shape index (κ1) is 13.5. The third-order valence-corrected chi connectivity index (χ3v) is 4.29. The molecule has 1 aromatic rings. The highest BCUT2D eigenvalue weighted by atomic mass is 16.5. The molecule has 0 bridgehead atoms. The number of fused-ring (bicyclic) bond motifs is 1. The zero-order valence-corrected chi connectivity index (χ0v) is 11.5. The first-order chi connectivity index (χ1) is 9.70. The molecule has 108 valence electrons. The molecule has 1 heterocycles. The summed E-state index contributed by atoms with van der Waals surface area (Å²) in [5, 5.41) is 16.2. The molecule has 1 aliphatic carbocycles. The lowest BCUT2D eigenvalue weighted by Gasteiger charge is -2.22. The lowest BCUT2D eigenvalue weighted by atomic mass is 10.0. The van der Waals surface area contributed by atoms with Gasteiger partial charge in [-0.1, -0.05) is 24.3 Å². The van der Waals surface area contributed by atoms with Gasteiger partial charge in [-0.25, -0.2) is 0 Å². The topological polar surface area (TPSA) is 70.6 Å². The van der Waals surface area contributed by atoms with Crippen molar-refractivity contribution in [2.45, 2.75) is 24.6 Å². The molecule has 3 N–H and O–H groups in total. The number of aliphatic hydroxyl groups is 1. The summed E-state index contributed by atoms with van der Waals surface area (Å²) in [5.74, 6) is -0.248. The molecule has 0 aromatic heterocycles. The van der Waals surface area contributed by atoms with Gasteiger partial charge in [-0.05, 0) is 18.2 Å². The fourth-order valence-corrected chi connectivity index (χ4v) is 3.11. The maximum absolute atomic E-state index is 12.4. The zero-order chi connectivity index (χ0) is 14.1. The number of benzene rings is 1. The van der Waals surface area contributed by atoms with Gasteiger partial charge in [-0.3, -0.25) is 4.79 Å². The molecule has 0 spiro atoms. The van der Waals surface area contributed by atoms with Crippen LogP contribution in [0.5, 0.6) is 0 Å². The van der Waals surface area contributed by atoms with Crippen LogP contribution in [-0.4, -0.2) is 43.4 Å². The number of hydrogen-bond acceptors (Lipinski definition) is 4. The second kappa shape index (κ2) is 5.52. The van der Waals surface area contributed by atoms with E-state index in [4.69, 9.17) is 4.74 Å². The minimum atomic E-state index is -0.549. The Morgan fingerprint density at radius 2 is 2.15 bits per heavy atom. The van der Waals surface area contributed by atoms with Crippen molar-refractivity contribution in [2.75, 3.05) is 20.3 Å². The molecule has 0 saturated carbocycles. The number of ether oxygens (including phenoxy) is 1. The van der Waals surface area contributed by atoms with Crippen molar-refractivity contribution in [1.29, 1.82) is 0 Å². The Kier molecular flexibility index (Phi) is 3.74. The Balaban J connectivity index is 1.73. The quantitative estimate of drug-likeness (QED) is 0.726. The van der Waals surface area contributed by atoms with E-state index < -0.39 is 6.10 Å². The van der Waals surface area contributed by atoms with Crippen molar-refractivity contribution in [3.8, 4) is 0 Å². The van der Waals surface area contributed by atoms with Crippen molar-refractivity contribution in [1.82, 2.24) is 10.6 Å². The smallest absolute Gasteiger partial charge is 0.227 e. The molecule has 5 nitrogen and oxygen atoms in total. The van der Waals surface area contributed by atoms with Crippen molar-refractivity contribution in [3.05, 3.63) is 35.4 Å². The Bertz CT molecular complexity index is 506. The summed E-state index contributed by atoms with van der Waals surface area (Å²) in [6.45, 7) is 0.986. The number of likely N-dealkylation sites (N-methyl/N-ethyl adjacent to an activating group) is 1. The van der Waals surface area contributed by atoms with Gasteiger partial charge in [-0.2, -0.15) is 0 Å². The van der Waals surface area contributed by atoms with Crippen LogP contribution in [0.3, 0.4) is 0 Å². The monoisotopic (exact) mass is 276 g/mol. The minimum Gasteiger partial charge on any atom is -0.390 e. The van der Waals surface area contributed by atoms with Crippen molar-refractivity contribution in [2.24, 2.45) is 5.92 Å². The third-order valence-electron chi connectivity index (χ3n) is 4.29. The van der Waals surface area contributed by atoms with Gasteiger partial charge in [0.25, 0.3) is 0 Å². The minimum absolute atomic E-state index is 0.0452. The zero-order valence-electron chi connectivity index (χ0n) is 11.5. The molecule has 4 atom stereocenters. The lowest BCUT2D eigenvalue weighted by Crippen LogP contribution is -2.45. The summed E-state index contributed by atoms with van der Waals surface area (Å²) in [6.07, 6.45) is 0.0456. The molecule has 1 amide bonds. The van der Waals surface area contributed by atoms with Crippen LogP contribution in [0.4, 0.5) is 0 Å². The summed E-state index contributed by atoms with van der Waals surface area (Å²) in [7, 11) is 1.83. The van der Waals surface area contributed by atoms with E-state index in [1.807, 2.05) is 31.3 Å². The van der Waals surface area contributed by atoms with E-state index in [1.54, 1.807) is 0 Å². The van der Waals surface area contributed by atoms with Gasteiger partial charge in [0, 0.05) is 12.5 Å². The molecule has 2 aliphatic rings. The molecule has 20 heavy (non-hydrogen) atoms. The van der Waals surface area contributed by atoms with Gasteiger partial charge in [-0.15, -0.1) is 0 Å². The van der Waals surface area contributed by atoms with Gasteiger partial charge in [0.05, 0.1) is 31.3 Å². The van der Waals surface area contributed by atoms with Crippen LogP contribution in [0.1, 0.15) is 17.2 Å². The highest BCUT2D eigenvalue weighted by Crippen LogP contribution is 2.31. The Morgan fingerprint density at radius 3 is 2.95 bits per heavy atom. The molecular formula is C15H20N2O3. The molecule has 1 aromatic carbocycles. The van der Waals surface area contributed by atoms with E-state index in [-0.39, 0.29) is 23.9 Å². The predicted octanol–water partition coefficient (Wildman–Crippen LogP) is -0.00470. The van der Waals surface area contributed by atoms with Crippen LogP contribution >= 0.6 is 0 Å². The second-order valence-corrected chi connectivity index (χ2v) is 5.50. The summed E-state index contributed by atoms with van der Waals surface area (Å²) in [4.78, 5) is 12.4. The largest absolute Gasteiger partial charge is 0.390 e. The average molecular weight is 276 g/mol. The van der Waals surface area contributed by atoms with Crippen LogP contribution < -0.4 is 10.6 Å². The Hall–Kier alpha value is -1.43. The maximum Gasteiger partial charge on any atom is 0.227 e. The second-order valence-electron chi connectivity index (χ2n) is 5.50. The highest BCUT2D eigenvalue weighted by molar-refractivity contribution is 5.80. The number of nitrogens with one attached hydrogen (secondary N) is 2. The molecule has 0 radical (unpaired) electrons. The number of hydrogen-bond donors (Lipinski definition) is 3. The summed E-state index contributed by atoms with van der Waals surface area (Å²) < 4.78 is 5.36. The summed E-state index contributed by atoms with van der Waals surface area (Å²) in [5.41, 5.74) is 2.13. The van der Waals surface area contributed by atoms with Gasteiger partial charge in [0.2, 0.25) is 5.91 Å². The van der Waals surface area contributed by atoms with Gasteiger partial charge < -0.3 is 20.5 Å².